The van der Waals surface area contributed by atoms with Gasteiger partial charge < -0.3 is 20.3 Å². The summed E-state index contributed by atoms with van der Waals surface area (Å²) in [5, 5.41) is 23.1. The van der Waals surface area contributed by atoms with E-state index in [1.54, 1.807) is 0 Å². The van der Waals surface area contributed by atoms with Crippen molar-refractivity contribution < 1.29 is 29.3 Å². The molecule has 3 aromatic carbocycles. The second-order valence-corrected chi connectivity index (χ2v) is 11.4. The summed E-state index contributed by atoms with van der Waals surface area (Å²) < 4.78 is 5.57. The highest BCUT2D eigenvalue weighted by Gasteiger charge is 2.32. The number of carbonyl (C=O) groups excluding carboxylic acids is 2. The molecule has 2 aliphatic carbocycles. The average Bonchev–Trinajstić information content (AvgIpc) is 3.65. The first-order chi connectivity index (χ1) is 20.9. The lowest BCUT2D eigenvalue weighted by Crippen LogP contribution is -2.36. The molecule has 1 atom stereocenters. The zero-order valence-corrected chi connectivity index (χ0v) is 24.0. The zero-order valence-electron chi connectivity index (χ0n) is 24.0. The number of hydrogen-bond donors (Lipinski definition) is 3. The molecule has 0 saturated heterocycles. The minimum absolute atomic E-state index is 0.0302. The van der Waals surface area contributed by atoms with Crippen LogP contribution in [0.15, 0.2) is 84.0 Å². The van der Waals surface area contributed by atoms with Crippen molar-refractivity contribution in [3.05, 3.63) is 101 Å². The summed E-state index contributed by atoms with van der Waals surface area (Å²) in [5.41, 5.74) is 5.01. The van der Waals surface area contributed by atoms with Crippen molar-refractivity contribution in [1.29, 1.82) is 0 Å². The van der Waals surface area contributed by atoms with Crippen molar-refractivity contribution in [2.45, 2.75) is 57.4 Å². The predicted molar refractivity (Wildman–Crippen MR) is 163 cm³/mol. The Morgan fingerprint density at radius 3 is 2.28 bits per heavy atom. The van der Waals surface area contributed by atoms with Gasteiger partial charge in [-0.05, 0) is 84.9 Å². The minimum atomic E-state index is -1.83. The summed E-state index contributed by atoms with van der Waals surface area (Å²) in [4.78, 5) is 34.7. The van der Waals surface area contributed by atoms with E-state index in [4.69, 9.17) is 19.7 Å². The minimum Gasteiger partial charge on any atom is -0.466 e. The number of nitrogens with one attached hydrogen (secondary N) is 1. The summed E-state index contributed by atoms with van der Waals surface area (Å²) in [5.74, 6) is 1.30. The van der Waals surface area contributed by atoms with Crippen molar-refractivity contribution >= 4 is 29.6 Å². The molecule has 2 amide bonds. The first-order valence-corrected chi connectivity index (χ1v) is 14.8. The number of rotatable bonds is 9. The molecule has 3 aromatic rings. The maximum absolute atomic E-state index is 13.7. The van der Waals surface area contributed by atoms with Gasteiger partial charge in [0.2, 0.25) is 11.8 Å². The van der Waals surface area contributed by atoms with Gasteiger partial charge in [0.25, 0.3) is 5.91 Å². The number of hydrazone groups is 1. The van der Waals surface area contributed by atoms with Crippen molar-refractivity contribution in [3.8, 4) is 0 Å². The Bertz CT molecular complexity index is 1440. The van der Waals surface area contributed by atoms with E-state index in [9.17, 15) is 9.59 Å². The lowest BCUT2D eigenvalue weighted by atomic mass is 9.83. The lowest BCUT2D eigenvalue weighted by molar-refractivity contribution is -0.136. The van der Waals surface area contributed by atoms with Crippen LogP contribution in [-0.4, -0.2) is 45.7 Å². The van der Waals surface area contributed by atoms with Gasteiger partial charge in [0.1, 0.15) is 0 Å². The van der Waals surface area contributed by atoms with E-state index >= 15 is 0 Å². The van der Waals surface area contributed by atoms with Gasteiger partial charge in [0, 0.05) is 11.3 Å². The summed E-state index contributed by atoms with van der Waals surface area (Å²) in [6.45, 7) is 0.324. The zero-order chi connectivity index (χ0) is 30.2. The van der Waals surface area contributed by atoms with Crippen LogP contribution in [0.25, 0.3) is 0 Å². The molecule has 0 aromatic heterocycles. The third-order valence-electron chi connectivity index (χ3n) is 8.09. The van der Waals surface area contributed by atoms with Gasteiger partial charge in [-0.2, -0.15) is 0 Å². The van der Waals surface area contributed by atoms with Gasteiger partial charge in [0.05, 0.1) is 12.5 Å². The Balaban J connectivity index is 0.000000868. The Morgan fingerprint density at radius 2 is 1.60 bits per heavy atom. The molecule has 0 spiro atoms. The van der Waals surface area contributed by atoms with Crippen LogP contribution in [0.4, 0.5) is 10.5 Å². The Hall–Kier alpha value is -4.66. The van der Waals surface area contributed by atoms with E-state index in [2.05, 4.69) is 22.6 Å². The monoisotopic (exact) mass is 583 g/mol. The molecule has 224 valence electrons. The van der Waals surface area contributed by atoms with E-state index in [0.717, 1.165) is 47.6 Å². The molecule has 1 heterocycles. The molecule has 9 nitrogen and oxygen atoms in total. The normalized spacial score (nSPS) is 17.3. The van der Waals surface area contributed by atoms with Crippen LogP contribution in [0, 0.1) is 11.8 Å². The fourth-order valence-electron chi connectivity index (χ4n) is 5.83. The van der Waals surface area contributed by atoms with Gasteiger partial charge in [-0.3, -0.25) is 9.59 Å². The van der Waals surface area contributed by atoms with Crippen molar-refractivity contribution in [2.75, 3.05) is 11.9 Å². The molecule has 0 bridgehead atoms. The van der Waals surface area contributed by atoms with Gasteiger partial charge in [-0.25, -0.2) is 9.80 Å². The largest absolute Gasteiger partial charge is 0.503 e. The van der Waals surface area contributed by atoms with E-state index in [-0.39, 0.29) is 24.3 Å². The van der Waals surface area contributed by atoms with Gasteiger partial charge in [-0.1, -0.05) is 67.4 Å². The highest BCUT2D eigenvalue weighted by Crippen LogP contribution is 2.38. The first kappa shape index (κ1) is 29.8. The quantitative estimate of drug-likeness (QED) is 0.264. The standard InChI is InChI=1S/C33H35N3O3.CH2O3/c37-30-22-39-33(28-10-2-1-3-11-28)35-36(30)21-24-15-17-27(18-16-24)31(26-8-4-5-9-26)32(38)34-29-12-6-7-25(20-29)19-23-13-14-23;2-1(3)4/h1-3,6-7,10-12,15-18,20,23,26,31H,4-5,8-9,13-14,19,21-22H2,(H,34,38);(H2,2,3,4)/t31-;/m0./s1. The van der Waals surface area contributed by atoms with Crippen molar-refractivity contribution in [1.82, 2.24) is 5.01 Å². The van der Waals surface area contributed by atoms with E-state index in [1.165, 1.54) is 36.3 Å². The Kier molecular flexibility index (Phi) is 9.71. The molecular formula is C34H37N3O6. The molecule has 1 aliphatic heterocycles. The summed E-state index contributed by atoms with van der Waals surface area (Å²) in [6.07, 6.45) is 6.38. The topological polar surface area (TPSA) is 129 Å². The first-order valence-electron chi connectivity index (χ1n) is 14.8. The summed E-state index contributed by atoms with van der Waals surface area (Å²) in [6, 6.07) is 26.1. The van der Waals surface area contributed by atoms with Crippen LogP contribution in [-0.2, 0) is 27.3 Å². The molecule has 0 radical (unpaired) electrons. The third kappa shape index (κ3) is 8.44. The lowest BCUT2D eigenvalue weighted by Gasteiger charge is -2.25. The number of nitrogens with zero attached hydrogens (tertiary/aromatic N) is 2. The third-order valence-corrected chi connectivity index (χ3v) is 8.09. The number of amides is 2. The smallest absolute Gasteiger partial charge is 0.466 e. The van der Waals surface area contributed by atoms with Crippen LogP contribution in [0.2, 0.25) is 0 Å². The second-order valence-electron chi connectivity index (χ2n) is 11.4. The predicted octanol–water partition coefficient (Wildman–Crippen LogP) is 6.49. The van der Waals surface area contributed by atoms with Gasteiger partial charge >= 0.3 is 6.16 Å². The fourth-order valence-corrected chi connectivity index (χ4v) is 5.83. The van der Waals surface area contributed by atoms with E-state index in [0.29, 0.717) is 18.4 Å². The molecule has 3 aliphatic rings. The summed E-state index contributed by atoms with van der Waals surface area (Å²) in [7, 11) is 0. The van der Waals surface area contributed by atoms with E-state index < -0.39 is 6.16 Å². The van der Waals surface area contributed by atoms with Crippen LogP contribution < -0.4 is 5.32 Å². The van der Waals surface area contributed by atoms with Gasteiger partial charge in [-0.15, -0.1) is 5.10 Å². The number of hydrogen-bond acceptors (Lipinski definition) is 5. The SMILES string of the molecule is O=C(Nc1cccc(CC2CC2)c1)[C@H](c1ccc(CN2N=C(c3ccccc3)OCC2=O)cc1)C1CCCC1.O=C(O)O. The molecular weight excluding hydrogens is 546 g/mol. The number of benzene rings is 3. The number of anilines is 1. The number of carbonyl (C=O) groups is 3. The number of carboxylic acid groups (broad SMARTS) is 2. The Labute approximate surface area is 251 Å². The summed E-state index contributed by atoms with van der Waals surface area (Å²) >= 11 is 0. The fraction of sp³-hybridized carbons (Fsp3) is 0.353. The van der Waals surface area contributed by atoms with Crippen molar-refractivity contribution in [2.24, 2.45) is 16.9 Å². The number of ether oxygens (including phenoxy) is 1. The molecule has 0 unspecified atom stereocenters. The molecule has 2 fully saturated rings. The molecule has 6 rings (SSSR count). The molecule has 9 heteroatoms. The van der Waals surface area contributed by atoms with Crippen LogP contribution in [0.5, 0.6) is 0 Å². The highest BCUT2D eigenvalue weighted by molar-refractivity contribution is 5.98. The molecule has 3 N–H and O–H groups in total. The van der Waals surface area contributed by atoms with Crippen LogP contribution >= 0.6 is 0 Å². The maximum Gasteiger partial charge on any atom is 0.503 e. The molecule has 2 saturated carbocycles. The van der Waals surface area contributed by atoms with Crippen LogP contribution in [0.3, 0.4) is 0 Å². The van der Waals surface area contributed by atoms with Gasteiger partial charge in [0.15, 0.2) is 6.61 Å². The highest BCUT2D eigenvalue weighted by atomic mass is 16.6. The second kappa shape index (κ2) is 14.0. The Morgan fingerprint density at radius 1 is 0.907 bits per heavy atom. The molecule has 43 heavy (non-hydrogen) atoms. The van der Waals surface area contributed by atoms with Crippen molar-refractivity contribution in [3.63, 3.8) is 0 Å². The van der Waals surface area contributed by atoms with Crippen LogP contribution in [0.1, 0.15) is 66.7 Å². The average molecular weight is 584 g/mol. The maximum atomic E-state index is 13.7. The van der Waals surface area contributed by atoms with E-state index in [1.807, 2.05) is 66.7 Å².